The average molecular weight is 482 g/mol. The van der Waals surface area contributed by atoms with E-state index in [1.165, 1.54) is 5.57 Å². The summed E-state index contributed by atoms with van der Waals surface area (Å²) in [5.74, 6) is 0.795. The van der Waals surface area contributed by atoms with Gasteiger partial charge >= 0.3 is 5.69 Å². The van der Waals surface area contributed by atoms with Gasteiger partial charge < -0.3 is 0 Å². The van der Waals surface area contributed by atoms with Crippen LogP contribution >= 0.6 is 0 Å². The fourth-order valence-corrected chi connectivity index (χ4v) is 5.46. The van der Waals surface area contributed by atoms with E-state index in [0.29, 0.717) is 37.3 Å². The fourth-order valence-electron chi connectivity index (χ4n) is 5.46. The molecule has 1 aliphatic carbocycles. The van der Waals surface area contributed by atoms with Gasteiger partial charge in [0.15, 0.2) is 5.65 Å². The molecule has 1 unspecified atom stereocenters. The van der Waals surface area contributed by atoms with Crippen LogP contribution in [-0.4, -0.2) is 68.5 Å². The molecule has 0 bridgehead atoms. The zero-order valence-corrected chi connectivity index (χ0v) is 22.5. The van der Waals surface area contributed by atoms with E-state index < -0.39 is 0 Å². The van der Waals surface area contributed by atoms with Gasteiger partial charge in [0, 0.05) is 52.2 Å². The minimum absolute atomic E-state index is 0.0115. The summed E-state index contributed by atoms with van der Waals surface area (Å²) in [5.41, 5.74) is 3.82. The number of ketones is 1. The first kappa shape index (κ1) is 25.8. The highest BCUT2D eigenvalue weighted by Crippen LogP contribution is 2.32. The number of piperazine rings is 1. The summed E-state index contributed by atoms with van der Waals surface area (Å²) in [6.45, 7) is 16.3. The number of fused-ring (bicyclic) bond motifs is 1. The largest absolute Gasteiger partial charge is 0.330 e. The highest BCUT2D eigenvalue weighted by atomic mass is 16.1. The molecule has 0 radical (unpaired) electrons. The Hall–Kier alpha value is -2.25. The number of carbonyl (C=O) groups is 1. The standard InChI is InChI=1S/C28H43N5O2/c1-20(2)32-15-13-31(14-16-32)18-23(34)17-21-7-9-22(10-8-21)24-11-12-25-26(29-24)30(6)27(35)33(25)19-28(3,4)5/h9,11-12,20-21H,7-8,10,13-19H2,1-6H3. The van der Waals surface area contributed by atoms with Crippen LogP contribution in [0.4, 0.5) is 0 Å². The van der Waals surface area contributed by atoms with Crippen molar-refractivity contribution in [1.29, 1.82) is 0 Å². The summed E-state index contributed by atoms with van der Waals surface area (Å²) < 4.78 is 3.50. The molecule has 0 spiro atoms. The Kier molecular flexibility index (Phi) is 7.67. The van der Waals surface area contributed by atoms with Crippen molar-refractivity contribution in [3.8, 4) is 0 Å². The summed E-state index contributed by atoms with van der Waals surface area (Å²) >= 11 is 0. The number of allylic oxidation sites excluding steroid dienone is 2. The van der Waals surface area contributed by atoms with Crippen molar-refractivity contribution in [2.24, 2.45) is 18.4 Å². The average Bonchev–Trinajstić information content (AvgIpc) is 3.03. The third-order valence-electron chi connectivity index (χ3n) is 7.52. The molecule has 0 aromatic carbocycles. The molecule has 2 aromatic heterocycles. The summed E-state index contributed by atoms with van der Waals surface area (Å²) in [6.07, 6.45) is 5.81. The maximum absolute atomic E-state index is 12.8. The Morgan fingerprint density at radius 3 is 2.46 bits per heavy atom. The number of rotatable bonds is 7. The number of carbonyl (C=O) groups excluding carboxylic acids is 1. The van der Waals surface area contributed by atoms with Crippen LogP contribution in [0.15, 0.2) is 23.0 Å². The molecule has 3 heterocycles. The first-order chi connectivity index (χ1) is 16.5. The van der Waals surface area contributed by atoms with Gasteiger partial charge in [-0.1, -0.05) is 26.8 Å². The number of hydrogen-bond acceptors (Lipinski definition) is 5. The monoisotopic (exact) mass is 481 g/mol. The van der Waals surface area contributed by atoms with Crippen LogP contribution in [-0.2, 0) is 18.4 Å². The van der Waals surface area contributed by atoms with Crippen LogP contribution in [0.1, 0.15) is 66.0 Å². The molecule has 192 valence electrons. The molecule has 4 rings (SSSR count). The Balaban J connectivity index is 1.36. The lowest BCUT2D eigenvalue weighted by Gasteiger charge is -2.36. The van der Waals surface area contributed by atoms with Gasteiger partial charge in [-0.25, -0.2) is 9.78 Å². The maximum Gasteiger partial charge on any atom is 0.330 e. The lowest BCUT2D eigenvalue weighted by atomic mass is 9.85. The lowest BCUT2D eigenvalue weighted by Crippen LogP contribution is -2.50. The van der Waals surface area contributed by atoms with Crippen molar-refractivity contribution < 1.29 is 4.79 Å². The van der Waals surface area contributed by atoms with Gasteiger partial charge in [0.25, 0.3) is 0 Å². The molecule has 0 saturated carbocycles. The van der Waals surface area contributed by atoms with E-state index in [4.69, 9.17) is 4.98 Å². The number of aryl methyl sites for hydroxylation is 1. The molecule has 1 saturated heterocycles. The smallest absolute Gasteiger partial charge is 0.298 e. The Labute approximate surface area is 209 Å². The zero-order chi connectivity index (χ0) is 25.3. The number of pyridine rings is 1. The van der Waals surface area contributed by atoms with E-state index in [9.17, 15) is 9.59 Å². The number of nitrogens with zero attached hydrogens (tertiary/aromatic N) is 5. The number of Topliss-reactive ketones (excluding diaryl/α,β-unsaturated/α-hetero) is 1. The third-order valence-corrected chi connectivity index (χ3v) is 7.52. The van der Waals surface area contributed by atoms with Crippen molar-refractivity contribution in [2.45, 2.75) is 72.9 Å². The van der Waals surface area contributed by atoms with Crippen LogP contribution in [0.2, 0.25) is 0 Å². The third kappa shape index (κ3) is 6.12. The minimum Gasteiger partial charge on any atom is -0.298 e. The van der Waals surface area contributed by atoms with Gasteiger partial charge in [0.05, 0.1) is 17.8 Å². The van der Waals surface area contributed by atoms with E-state index in [-0.39, 0.29) is 11.1 Å². The first-order valence-electron chi connectivity index (χ1n) is 13.3. The molecule has 7 heteroatoms. The highest BCUT2D eigenvalue weighted by Gasteiger charge is 2.24. The molecule has 2 aromatic rings. The van der Waals surface area contributed by atoms with E-state index >= 15 is 0 Å². The molecule has 35 heavy (non-hydrogen) atoms. The summed E-state index contributed by atoms with van der Waals surface area (Å²) in [5, 5.41) is 0. The number of aromatic nitrogens is 3. The zero-order valence-electron chi connectivity index (χ0n) is 22.5. The molecule has 1 aliphatic heterocycles. The van der Waals surface area contributed by atoms with E-state index in [1.54, 1.807) is 11.6 Å². The van der Waals surface area contributed by atoms with Crippen molar-refractivity contribution in [2.75, 3.05) is 32.7 Å². The van der Waals surface area contributed by atoms with Gasteiger partial charge in [-0.15, -0.1) is 0 Å². The van der Waals surface area contributed by atoms with Crippen molar-refractivity contribution in [3.05, 3.63) is 34.4 Å². The number of imidazole rings is 1. The first-order valence-corrected chi connectivity index (χ1v) is 13.3. The fraction of sp³-hybridized carbons (Fsp3) is 0.679. The van der Waals surface area contributed by atoms with Crippen LogP contribution in [0, 0.1) is 11.3 Å². The number of hydrogen-bond donors (Lipinski definition) is 0. The Morgan fingerprint density at radius 1 is 1.14 bits per heavy atom. The topological polar surface area (TPSA) is 63.4 Å². The minimum atomic E-state index is -0.0126. The van der Waals surface area contributed by atoms with Crippen molar-refractivity contribution in [1.82, 2.24) is 23.9 Å². The molecule has 1 atom stereocenters. The molecule has 2 aliphatic rings. The maximum atomic E-state index is 12.8. The van der Waals surface area contributed by atoms with Gasteiger partial charge in [-0.05, 0) is 62.1 Å². The normalized spacial score (nSPS) is 20.5. The molecular weight excluding hydrogens is 438 g/mol. The molecule has 7 nitrogen and oxygen atoms in total. The second kappa shape index (κ2) is 10.4. The van der Waals surface area contributed by atoms with Crippen LogP contribution in [0.5, 0.6) is 0 Å². The summed E-state index contributed by atoms with van der Waals surface area (Å²) in [4.78, 5) is 35.3. The highest BCUT2D eigenvalue weighted by molar-refractivity contribution is 5.81. The van der Waals surface area contributed by atoms with E-state index in [0.717, 1.165) is 62.3 Å². The van der Waals surface area contributed by atoms with Crippen LogP contribution in [0.25, 0.3) is 16.7 Å². The molecule has 0 N–H and O–H groups in total. The lowest BCUT2D eigenvalue weighted by molar-refractivity contribution is -0.121. The Morgan fingerprint density at radius 2 is 1.86 bits per heavy atom. The summed E-state index contributed by atoms with van der Waals surface area (Å²) in [6, 6.07) is 4.68. The SMILES string of the molecule is CC(C)N1CCN(CC(=O)CC2CC=C(c3ccc4c(n3)n(C)c(=O)n4CC(C)(C)C)CC2)CC1. The van der Waals surface area contributed by atoms with E-state index in [2.05, 4.69) is 56.6 Å². The molecular formula is C28H43N5O2. The molecule has 0 amide bonds. The second-order valence-electron chi connectivity index (χ2n) is 12.0. The van der Waals surface area contributed by atoms with Gasteiger partial charge in [0.1, 0.15) is 5.78 Å². The van der Waals surface area contributed by atoms with Crippen molar-refractivity contribution in [3.63, 3.8) is 0 Å². The second-order valence-corrected chi connectivity index (χ2v) is 12.0. The quantitative estimate of drug-likeness (QED) is 0.599. The summed E-state index contributed by atoms with van der Waals surface area (Å²) in [7, 11) is 1.81. The molecule has 1 fully saturated rings. The van der Waals surface area contributed by atoms with Crippen LogP contribution in [0.3, 0.4) is 0 Å². The van der Waals surface area contributed by atoms with Crippen LogP contribution < -0.4 is 5.69 Å². The van der Waals surface area contributed by atoms with Gasteiger partial charge in [0.2, 0.25) is 0 Å². The van der Waals surface area contributed by atoms with Gasteiger partial charge in [-0.2, -0.15) is 0 Å². The van der Waals surface area contributed by atoms with E-state index in [1.807, 2.05) is 10.6 Å². The Bertz CT molecular complexity index is 1140. The predicted octanol–water partition coefficient (Wildman–Crippen LogP) is 3.95. The predicted molar refractivity (Wildman–Crippen MR) is 143 cm³/mol. The van der Waals surface area contributed by atoms with Crippen molar-refractivity contribution >= 4 is 22.5 Å². The van der Waals surface area contributed by atoms with Gasteiger partial charge in [-0.3, -0.25) is 23.7 Å².